The van der Waals surface area contributed by atoms with E-state index < -0.39 is 5.97 Å². The summed E-state index contributed by atoms with van der Waals surface area (Å²) in [6.07, 6.45) is 0.0917. The number of carboxylic acid groups (broad SMARTS) is 1. The second kappa shape index (κ2) is 5.08. The average Bonchev–Trinajstić information content (AvgIpc) is 2.58. The maximum atomic E-state index is 10.8. The predicted molar refractivity (Wildman–Crippen MR) is 70.8 cm³/mol. The molecule has 1 aromatic carbocycles. The van der Waals surface area contributed by atoms with Gasteiger partial charge in [0, 0.05) is 17.9 Å². The molecule has 0 aliphatic carbocycles. The largest absolute Gasteiger partial charge is 0.481 e. The Morgan fingerprint density at radius 1 is 1.22 bits per heavy atom. The van der Waals surface area contributed by atoms with Crippen molar-refractivity contribution in [1.82, 2.24) is 4.57 Å². The third-order valence-electron chi connectivity index (χ3n) is 3.20. The maximum absolute atomic E-state index is 10.8. The lowest BCUT2D eigenvalue weighted by Gasteiger charge is -2.09. The molecule has 1 N–H and O–H groups in total. The van der Waals surface area contributed by atoms with E-state index in [1.54, 1.807) is 0 Å². The number of carbonyl (C=O) groups is 1. The molecular formula is C15H17NO2. The van der Waals surface area contributed by atoms with Crippen LogP contribution in [0.15, 0.2) is 36.4 Å². The Balaban J connectivity index is 2.28. The molecule has 18 heavy (non-hydrogen) atoms. The Labute approximate surface area is 107 Å². The molecule has 0 aliphatic rings. The second-order valence-electron chi connectivity index (χ2n) is 4.54. The Morgan fingerprint density at radius 3 is 2.50 bits per heavy atom. The van der Waals surface area contributed by atoms with Gasteiger partial charge < -0.3 is 9.67 Å². The van der Waals surface area contributed by atoms with Crippen molar-refractivity contribution < 1.29 is 9.90 Å². The van der Waals surface area contributed by atoms with Crippen LogP contribution in [0.1, 0.15) is 22.5 Å². The molecule has 0 saturated carbocycles. The molecule has 2 rings (SSSR count). The van der Waals surface area contributed by atoms with Gasteiger partial charge in [0.2, 0.25) is 0 Å². The van der Waals surface area contributed by atoms with Crippen LogP contribution in [0.25, 0.3) is 0 Å². The fourth-order valence-electron chi connectivity index (χ4n) is 2.22. The molecule has 0 fully saturated rings. The lowest BCUT2D eigenvalue weighted by atomic mass is 10.2. The summed E-state index contributed by atoms with van der Waals surface area (Å²) in [7, 11) is 0. The van der Waals surface area contributed by atoms with Crippen LogP contribution < -0.4 is 0 Å². The number of carboxylic acids is 1. The van der Waals surface area contributed by atoms with Crippen molar-refractivity contribution in [2.75, 3.05) is 0 Å². The number of aryl methyl sites for hydroxylation is 1. The van der Waals surface area contributed by atoms with Gasteiger partial charge in [0.25, 0.3) is 0 Å². The fourth-order valence-corrected chi connectivity index (χ4v) is 2.22. The molecule has 2 aromatic rings. The van der Waals surface area contributed by atoms with Crippen molar-refractivity contribution in [3.05, 3.63) is 58.9 Å². The minimum Gasteiger partial charge on any atom is -0.481 e. The Morgan fingerprint density at radius 2 is 1.89 bits per heavy atom. The van der Waals surface area contributed by atoms with Gasteiger partial charge in [-0.2, -0.15) is 0 Å². The minimum atomic E-state index is -0.782. The lowest BCUT2D eigenvalue weighted by molar-refractivity contribution is -0.136. The number of aromatic nitrogens is 1. The highest BCUT2D eigenvalue weighted by molar-refractivity contribution is 5.70. The van der Waals surface area contributed by atoms with Gasteiger partial charge in [-0.25, -0.2) is 0 Å². The predicted octanol–water partition coefficient (Wildman–Crippen LogP) is 2.78. The molecule has 3 heteroatoms. The number of hydrogen-bond acceptors (Lipinski definition) is 1. The summed E-state index contributed by atoms with van der Waals surface area (Å²) in [5.74, 6) is -0.782. The van der Waals surface area contributed by atoms with Crippen LogP contribution in [0.5, 0.6) is 0 Å². The third-order valence-corrected chi connectivity index (χ3v) is 3.20. The van der Waals surface area contributed by atoms with E-state index in [0.29, 0.717) is 0 Å². The molecule has 0 radical (unpaired) electrons. The van der Waals surface area contributed by atoms with E-state index in [0.717, 1.165) is 23.5 Å². The molecule has 3 nitrogen and oxygen atoms in total. The molecule has 0 unspecified atom stereocenters. The zero-order valence-electron chi connectivity index (χ0n) is 10.7. The van der Waals surface area contributed by atoms with Crippen molar-refractivity contribution >= 4 is 5.97 Å². The van der Waals surface area contributed by atoms with Gasteiger partial charge in [0.15, 0.2) is 0 Å². The molecular weight excluding hydrogens is 226 g/mol. The van der Waals surface area contributed by atoms with Crippen LogP contribution in [0.2, 0.25) is 0 Å². The summed E-state index contributed by atoms with van der Waals surface area (Å²) in [5, 5.41) is 8.87. The molecule has 1 aromatic heterocycles. The molecule has 0 saturated heterocycles. The molecule has 94 valence electrons. The van der Waals surface area contributed by atoms with Gasteiger partial charge in [-0.1, -0.05) is 30.3 Å². The van der Waals surface area contributed by atoms with Crippen LogP contribution in [0.4, 0.5) is 0 Å². The van der Waals surface area contributed by atoms with Gasteiger partial charge >= 0.3 is 5.97 Å². The Kier molecular flexibility index (Phi) is 3.51. The highest BCUT2D eigenvalue weighted by Crippen LogP contribution is 2.17. The first-order valence-corrected chi connectivity index (χ1v) is 5.99. The summed E-state index contributed by atoms with van der Waals surface area (Å²) in [4.78, 5) is 10.8. The fraction of sp³-hybridized carbons (Fsp3) is 0.267. The van der Waals surface area contributed by atoms with Crippen molar-refractivity contribution in [2.45, 2.75) is 26.8 Å². The number of hydrogen-bond donors (Lipinski definition) is 1. The van der Waals surface area contributed by atoms with Gasteiger partial charge in [-0.05, 0) is 31.0 Å². The Bertz CT molecular complexity index is 555. The normalized spacial score (nSPS) is 10.6. The lowest BCUT2D eigenvalue weighted by Crippen LogP contribution is -2.05. The Hall–Kier alpha value is -2.03. The minimum absolute atomic E-state index is 0.0917. The van der Waals surface area contributed by atoms with Gasteiger partial charge in [-0.15, -0.1) is 0 Å². The molecule has 0 spiro atoms. The zero-order chi connectivity index (χ0) is 13.1. The van der Waals surface area contributed by atoms with E-state index in [4.69, 9.17) is 5.11 Å². The molecule has 0 atom stereocenters. The quantitative estimate of drug-likeness (QED) is 0.897. The second-order valence-corrected chi connectivity index (χ2v) is 4.54. The third kappa shape index (κ3) is 2.62. The highest BCUT2D eigenvalue weighted by atomic mass is 16.4. The summed E-state index contributed by atoms with van der Waals surface area (Å²) in [5.41, 5.74) is 4.27. The number of benzene rings is 1. The van der Waals surface area contributed by atoms with Gasteiger partial charge in [0.05, 0.1) is 6.42 Å². The van der Waals surface area contributed by atoms with Crippen molar-refractivity contribution in [2.24, 2.45) is 0 Å². The first kappa shape index (κ1) is 12.4. The molecule has 0 aliphatic heterocycles. The highest BCUT2D eigenvalue weighted by Gasteiger charge is 2.11. The van der Waals surface area contributed by atoms with E-state index in [1.165, 1.54) is 5.56 Å². The molecule has 0 bridgehead atoms. The van der Waals surface area contributed by atoms with Crippen LogP contribution >= 0.6 is 0 Å². The molecule has 1 heterocycles. The summed E-state index contributed by atoms with van der Waals surface area (Å²) < 4.78 is 2.16. The van der Waals surface area contributed by atoms with Crippen molar-refractivity contribution in [1.29, 1.82) is 0 Å². The van der Waals surface area contributed by atoms with E-state index >= 15 is 0 Å². The number of rotatable bonds is 4. The van der Waals surface area contributed by atoms with Gasteiger partial charge in [-0.3, -0.25) is 4.79 Å². The zero-order valence-corrected chi connectivity index (χ0v) is 10.7. The number of nitrogens with zero attached hydrogens (tertiary/aromatic N) is 1. The van der Waals surface area contributed by atoms with E-state index in [-0.39, 0.29) is 6.42 Å². The smallest absolute Gasteiger partial charge is 0.307 e. The van der Waals surface area contributed by atoms with Crippen LogP contribution in [-0.4, -0.2) is 15.6 Å². The van der Waals surface area contributed by atoms with E-state index in [9.17, 15) is 4.79 Å². The maximum Gasteiger partial charge on any atom is 0.307 e. The van der Waals surface area contributed by atoms with Crippen LogP contribution in [0.3, 0.4) is 0 Å². The average molecular weight is 243 g/mol. The summed E-state index contributed by atoms with van der Waals surface area (Å²) in [6.45, 7) is 4.79. The van der Waals surface area contributed by atoms with Gasteiger partial charge in [0.1, 0.15) is 0 Å². The SMILES string of the molecule is Cc1cc(CC(=O)O)c(C)n1Cc1ccccc1. The summed E-state index contributed by atoms with van der Waals surface area (Å²) >= 11 is 0. The van der Waals surface area contributed by atoms with Crippen LogP contribution in [-0.2, 0) is 17.8 Å². The number of aliphatic carboxylic acids is 1. The van der Waals surface area contributed by atoms with E-state index in [1.807, 2.05) is 38.1 Å². The topological polar surface area (TPSA) is 42.2 Å². The van der Waals surface area contributed by atoms with E-state index in [2.05, 4.69) is 16.7 Å². The first-order chi connectivity index (χ1) is 8.58. The summed E-state index contributed by atoms with van der Waals surface area (Å²) in [6, 6.07) is 12.1. The molecule has 0 amide bonds. The monoisotopic (exact) mass is 243 g/mol. The standard InChI is InChI=1S/C15H17NO2/c1-11-8-14(9-15(17)18)12(2)16(11)10-13-6-4-3-5-7-13/h3-8H,9-10H2,1-2H3,(H,17,18). The van der Waals surface area contributed by atoms with Crippen molar-refractivity contribution in [3.63, 3.8) is 0 Å². The van der Waals surface area contributed by atoms with Crippen molar-refractivity contribution in [3.8, 4) is 0 Å². The van der Waals surface area contributed by atoms with Crippen LogP contribution in [0, 0.1) is 13.8 Å². The first-order valence-electron chi connectivity index (χ1n) is 5.99.